The molecule has 0 fully saturated rings. The van der Waals surface area contributed by atoms with Gasteiger partial charge in [-0.25, -0.2) is 8.42 Å². The van der Waals surface area contributed by atoms with E-state index < -0.39 is 9.84 Å². The third-order valence-corrected chi connectivity index (χ3v) is 2.93. The van der Waals surface area contributed by atoms with Crippen LogP contribution in [0.5, 0.6) is 0 Å². The molecule has 0 saturated heterocycles. The van der Waals surface area contributed by atoms with E-state index in [9.17, 15) is 13.2 Å². The molecule has 0 N–H and O–H groups in total. The van der Waals surface area contributed by atoms with Gasteiger partial charge in [0.25, 0.3) is 0 Å². The van der Waals surface area contributed by atoms with E-state index >= 15 is 0 Å². The maximum atomic E-state index is 11.6. The zero-order chi connectivity index (χ0) is 11.6. The Kier molecular flexibility index (Phi) is 3.28. The molecule has 0 aliphatic carbocycles. The van der Waals surface area contributed by atoms with Gasteiger partial charge in [0.2, 0.25) is 0 Å². The molecule has 0 saturated carbocycles. The van der Waals surface area contributed by atoms with E-state index in [0.29, 0.717) is 5.69 Å². The number of carbonyl (C=O) groups excluding carboxylic acids is 1. The summed E-state index contributed by atoms with van der Waals surface area (Å²) in [6.07, 6.45) is 1.13. The van der Waals surface area contributed by atoms with Crippen LogP contribution >= 0.6 is 0 Å². The lowest BCUT2D eigenvalue weighted by atomic mass is 10.2. The molecule has 0 aromatic carbocycles. The molecule has 0 radical (unpaired) electrons. The van der Waals surface area contributed by atoms with Crippen molar-refractivity contribution < 1.29 is 13.2 Å². The lowest BCUT2D eigenvalue weighted by Crippen LogP contribution is -2.12. The minimum absolute atomic E-state index is 0.0117. The van der Waals surface area contributed by atoms with E-state index in [1.54, 1.807) is 20.0 Å². The quantitative estimate of drug-likeness (QED) is 0.700. The van der Waals surface area contributed by atoms with Gasteiger partial charge in [0.05, 0.1) is 11.4 Å². The lowest BCUT2D eigenvalue weighted by Gasteiger charge is -1.99. The summed E-state index contributed by atoms with van der Waals surface area (Å²) in [7, 11) is -1.42. The van der Waals surface area contributed by atoms with Gasteiger partial charge in [-0.2, -0.15) is 5.10 Å². The second kappa shape index (κ2) is 4.14. The van der Waals surface area contributed by atoms with E-state index in [1.165, 1.54) is 4.68 Å². The number of aryl methyl sites for hydroxylation is 2. The van der Waals surface area contributed by atoms with Crippen LogP contribution in [0.2, 0.25) is 0 Å². The summed E-state index contributed by atoms with van der Waals surface area (Å²) in [4.78, 5) is 11.6. The normalized spacial score (nSPS) is 11.7. The molecule has 0 atom stereocenters. The van der Waals surface area contributed by atoms with Crippen molar-refractivity contribution in [1.82, 2.24) is 9.78 Å². The molecule has 1 heterocycles. The van der Waals surface area contributed by atoms with Crippen LogP contribution in [0.3, 0.4) is 0 Å². The number of aromatic nitrogens is 2. The molecule has 15 heavy (non-hydrogen) atoms. The third kappa shape index (κ3) is 3.47. The number of ketones is 1. The fraction of sp³-hybridized carbons (Fsp3) is 0.556. The Morgan fingerprint density at radius 3 is 2.53 bits per heavy atom. The number of rotatable bonds is 4. The maximum absolute atomic E-state index is 11.6. The minimum atomic E-state index is -3.08. The maximum Gasteiger partial charge on any atom is 0.181 e. The molecule has 84 valence electrons. The van der Waals surface area contributed by atoms with Crippen LogP contribution in [0, 0.1) is 6.92 Å². The molecule has 0 unspecified atom stereocenters. The van der Waals surface area contributed by atoms with Crippen molar-refractivity contribution in [2.75, 3.05) is 12.0 Å². The highest BCUT2D eigenvalue weighted by atomic mass is 32.2. The highest BCUT2D eigenvalue weighted by molar-refractivity contribution is 7.90. The average molecular weight is 230 g/mol. The van der Waals surface area contributed by atoms with Gasteiger partial charge >= 0.3 is 0 Å². The highest BCUT2D eigenvalue weighted by Crippen LogP contribution is 2.06. The number of nitrogens with zero attached hydrogens (tertiary/aromatic N) is 2. The molecule has 0 aliphatic rings. The number of sulfone groups is 1. The largest absolute Gasteiger partial charge is 0.292 e. The van der Waals surface area contributed by atoms with Crippen molar-refractivity contribution in [3.8, 4) is 0 Å². The topological polar surface area (TPSA) is 69.0 Å². The Balaban J connectivity index is 2.74. The first-order valence-corrected chi connectivity index (χ1v) is 6.57. The summed E-state index contributed by atoms with van der Waals surface area (Å²) in [5, 5.41) is 4.02. The number of Topliss-reactive ketones (excluding diaryl/α,β-unsaturated/α-hetero) is 1. The Hall–Kier alpha value is -1.17. The number of carbonyl (C=O) groups is 1. The van der Waals surface area contributed by atoms with Gasteiger partial charge in [-0.05, 0) is 13.0 Å². The van der Waals surface area contributed by atoms with Crippen molar-refractivity contribution in [2.24, 2.45) is 7.05 Å². The smallest absolute Gasteiger partial charge is 0.181 e. The molecule has 1 aromatic rings. The lowest BCUT2D eigenvalue weighted by molar-refractivity contribution is 0.0980. The second-order valence-electron chi connectivity index (χ2n) is 3.60. The summed E-state index contributed by atoms with van der Waals surface area (Å²) < 4.78 is 23.2. The van der Waals surface area contributed by atoms with Gasteiger partial charge in [0.1, 0.15) is 15.5 Å². The first-order chi connectivity index (χ1) is 6.79. The fourth-order valence-corrected chi connectivity index (χ4v) is 1.83. The van der Waals surface area contributed by atoms with Gasteiger partial charge in [-0.1, -0.05) is 0 Å². The SMILES string of the molecule is Cc1cc(C(=O)CCS(C)(=O)=O)n(C)n1. The van der Waals surface area contributed by atoms with Gasteiger partial charge in [-0.3, -0.25) is 9.48 Å². The molecular weight excluding hydrogens is 216 g/mol. The Labute approximate surface area is 89.0 Å². The van der Waals surface area contributed by atoms with E-state index in [2.05, 4.69) is 5.10 Å². The molecule has 1 rings (SSSR count). The molecule has 5 nitrogen and oxygen atoms in total. The molecule has 0 aliphatic heterocycles. The molecule has 1 aromatic heterocycles. The van der Waals surface area contributed by atoms with Gasteiger partial charge in [0, 0.05) is 19.7 Å². The van der Waals surface area contributed by atoms with Crippen LogP contribution in [0.15, 0.2) is 6.07 Å². The van der Waals surface area contributed by atoms with E-state index in [0.717, 1.165) is 11.9 Å². The zero-order valence-corrected chi connectivity index (χ0v) is 9.84. The zero-order valence-electron chi connectivity index (χ0n) is 9.02. The minimum Gasteiger partial charge on any atom is -0.292 e. The van der Waals surface area contributed by atoms with Crippen molar-refractivity contribution in [1.29, 1.82) is 0 Å². The van der Waals surface area contributed by atoms with E-state index in [4.69, 9.17) is 0 Å². The highest BCUT2D eigenvalue weighted by Gasteiger charge is 2.14. The Bertz CT molecular complexity index is 474. The molecule has 0 amide bonds. The average Bonchev–Trinajstić information content (AvgIpc) is 2.40. The fourth-order valence-electron chi connectivity index (χ4n) is 1.28. The van der Waals surface area contributed by atoms with Crippen molar-refractivity contribution in [3.05, 3.63) is 17.5 Å². The van der Waals surface area contributed by atoms with Gasteiger partial charge in [0.15, 0.2) is 5.78 Å². The summed E-state index contributed by atoms with van der Waals surface area (Å²) in [5.74, 6) is -0.306. The number of hydrogen-bond donors (Lipinski definition) is 0. The van der Waals surface area contributed by atoms with Crippen molar-refractivity contribution in [2.45, 2.75) is 13.3 Å². The van der Waals surface area contributed by atoms with Gasteiger partial charge in [-0.15, -0.1) is 0 Å². The van der Waals surface area contributed by atoms with Crippen LogP contribution in [0.1, 0.15) is 22.6 Å². The first kappa shape index (κ1) is 11.9. The van der Waals surface area contributed by atoms with E-state index in [-0.39, 0.29) is 18.0 Å². The molecule has 0 bridgehead atoms. The van der Waals surface area contributed by atoms with E-state index in [1.807, 2.05) is 0 Å². The van der Waals surface area contributed by atoms with Crippen molar-refractivity contribution in [3.63, 3.8) is 0 Å². The summed E-state index contributed by atoms with van der Waals surface area (Å²) >= 11 is 0. The predicted octanol–water partition coefficient (Wildman–Crippen LogP) is 0.346. The number of hydrogen-bond acceptors (Lipinski definition) is 4. The second-order valence-corrected chi connectivity index (χ2v) is 5.86. The summed E-state index contributed by atoms with van der Waals surface area (Å²) in [5.41, 5.74) is 1.20. The van der Waals surface area contributed by atoms with Crippen LogP contribution in [0.25, 0.3) is 0 Å². The predicted molar refractivity (Wildman–Crippen MR) is 56.6 cm³/mol. The molecule has 0 spiro atoms. The molecule has 6 heteroatoms. The van der Waals surface area contributed by atoms with Crippen LogP contribution in [-0.4, -0.2) is 36.0 Å². The van der Waals surface area contributed by atoms with Crippen LogP contribution < -0.4 is 0 Å². The monoisotopic (exact) mass is 230 g/mol. The van der Waals surface area contributed by atoms with Crippen LogP contribution in [-0.2, 0) is 16.9 Å². The summed E-state index contributed by atoms with van der Waals surface area (Å²) in [6.45, 7) is 1.79. The van der Waals surface area contributed by atoms with Crippen molar-refractivity contribution >= 4 is 15.6 Å². The first-order valence-electron chi connectivity index (χ1n) is 4.51. The standard InChI is InChI=1S/C9H14N2O3S/c1-7-6-8(11(2)10-7)9(12)4-5-15(3,13)14/h6H,4-5H2,1-3H3. The Morgan fingerprint density at radius 2 is 2.13 bits per heavy atom. The third-order valence-electron chi connectivity index (χ3n) is 1.99. The summed E-state index contributed by atoms with van der Waals surface area (Å²) in [6, 6.07) is 1.66. The molecular formula is C9H14N2O3S. The van der Waals surface area contributed by atoms with Gasteiger partial charge < -0.3 is 0 Å². The Morgan fingerprint density at radius 1 is 1.53 bits per heavy atom. The van der Waals surface area contributed by atoms with Crippen LogP contribution in [0.4, 0.5) is 0 Å².